The molecular formula is C8H9O. The second-order valence-electron chi connectivity index (χ2n) is 1.86. The van der Waals surface area contributed by atoms with Crippen LogP contribution < -0.4 is 0 Å². The maximum Gasteiger partial charge on any atom is 0.0471 e. The van der Waals surface area contributed by atoms with Gasteiger partial charge in [-0.05, 0) is 18.1 Å². The third-order valence-corrected chi connectivity index (χ3v) is 1.15. The molecule has 47 valence electrons. The van der Waals surface area contributed by atoms with Crippen LogP contribution in [0.1, 0.15) is 5.56 Å². The van der Waals surface area contributed by atoms with Crippen LogP contribution in [0.5, 0.6) is 0 Å². The highest BCUT2D eigenvalue weighted by molar-refractivity contribution is 5.12. The molecule has 1 rings (SSSR count). The van der Waals surface area contributed by atoms with Crippen molar-refractivity contribution in [1.29, 1.82) is 0 Å². The van der Waals surface area contributed by atoms with Crippen molar-refractivity contribution in [2.45, 2.75) is 6.42 Å². The number of hydrogen-bond donors (Lipinski definition) is 1. The average molecular weight is 121 g/mol. The molecule has 1 N–H and O–H groups in total. The summed E-state index contributed by atoms with van der Waals surface area (Å²) in [7, 11) is 0. The van der Waals surface area contributed by atoms with E-state index in [0.717, 1.165) is 5.56 Å². The highest BCUT2D eigenvalue weighted by Gasteiger charge is 1.86. The number of aliphatic hydroxyl groups is 1. The van der Waals surface area contributed by atoms with Crippen LogP contribution in [0.25, 0.3) is 0 Å². The standard InChI is InChI=1S/C8H9O/c9-7-6-8-4-2-1-3-5-8/h1-4,9H,6-7H2. The lowest BCUT2D eigenvalue weighted by Crippen LogP contribution is -1.88. The van der Waals surface area contributed by atoms with Crippen molar-refractivity contribution >= 4 is 0 Å². The fraction of sp³-hybridized carbons (Fsp3) is 0.250. The van der Waals surface area contributed by atoms with Crippen LogP contribution in [-0.2, 0) is 6.42 Å². The SMILES string of the molecule is OCCc1[c]cccc1. The minimum atomic E-state index is 0.209. The quantitative estimate of drug-likeness (QED) is 0.619. The van der Waals surface area contributed by atoms with Crippen LogP contribution in [0.15, 0.2) is 24.3 Å². The van der Waals surface area contributed by atoms with Gasteiger partial charge in [-0.3, -0.25) is 0 Å². The lowest BCUT2D eigenvalue weighted by atomic mass is 10.2. The van der Waals surface area contributed by atoms with E-state index in [4.69, 9.17) is 5.11 Å². The van der Waals surface area contributed by atoms with Crippen LogP contribution in [-0.4, -0.2) is 11.7 Å². The number of aliphatic hydroxyl groups excluding tert-OH is 1. The zero-order valence-electron chi connectivity index (χ0n) is 5.17. The molecule has 1 heteroatoms. The van der Waals surface area contributed by atoms with Crippen molar-refractivity contribution in [2.24, 2.45) is 0 Å². The summed E-state index contributed by atoms with van der Waals surface area (Å²) in [4.78, 5) is 0. The van der Waals surface area contributed by atoms with Gasteiger partial charge < -0.3 is 5.11 Å². The molecule has 0 aliphatic carbocycles. The molecule has 9 heavy (non-hydrogen) atoms. The predicted molar refractivity (Wildman–Crippen MR) is 36.1 cm³/mol. The number of benzene rings is 1. The van der Waals surface area contributed by atoms with Crippen molar-refractivity contribution in [2.75, 3.05) is 6.61 Å². The first-order chi connectivity index (χ1) is 4.43. The Morgan fingerprint density at radius 3 is 2.89 bits per heavy atom. The Labute approximate surface area is 55.0 Å². The van der Waals surface area contributed by atoms with Crippen molar-refractivity contribution < 1.29 is 5.11 Å². The molecule has 0 saturated heterocycles. The van der Waals surface area contributed by atoms with Gasteiger partial charge in [-0.15, -0.1) is 0 Å². The molecule has 1 radical (unpaired) electrons. The first-order valence-corrected chi connectivity index (χ1v) is 3.00. The summed E-state index contributed by atoms with van der Waals surface area (Å²) in [5.41, 5.74) is 1.07. The maximum atomic E-state index is 8.50. The maximum absolute atomic E-state index is 8.50. The summed E-state index contributed by atoms with van der Waals surface area (Å²) in [6.07, 6.45) is 0.709. The number of rotatable bonds is 2. The fourth-order valence-corrected chi connectivity index (χ4v) is 0.706. The first-order valence-electron chi connectivity index (χ1n) is 3.00. The Balaban J connectivity index is 2.61. The van der Waals surface area contributed by atoms with E-state index in [2.05, 4.69) is 6.07 Å². The average Bonchev–Trinajstić information content (AvgIpc) is 1.91. The monoisotopic (exact) mass is 121 g/mol. The zero-order valence-corrected chi connectivity index (χ0v) is 5.17. The van der Waals surface area contributed by atoms with E-state index >= 15 is 0 Å². The van der Waals surface area contributed by atoms with Gasteiger partial charge in [0, 0.05) is 6.61 Å². The lowest BCUT2D eigenvalue weighted by Gasteiger charge is -1.92. The normalized spacial score (nSPS) is 9.44. The molecule has 0 aromatic heterocycles. The van der Waals surface area contributed by atoms with Gasteiger partial charge in [0.2, 0.25) is 0 Å². The molecular weight excluding hydrogens is 112 g/mol. The highest BCUT2D eigenvalue weighted by atomic mass is 16.2. The van der Waals surface area contributed by atoms with Gasteiger partial charge in [-0.1, -0.05) is 24.3 Å². The molecule has 1 aromatic rings. The van der Waals surface area contributed by atoms with E-state index in [0.29, 0.717) is 6.42 Å². The minimum Gasteiger partial charge on any atom is -0.396 e. The van der Waals surface area contributed by atoms with Crippen LogP contribution in [0.2, 0.25) is 0 Å². The fourth-order valence-electron chi connectivity index (χ4n) is 0.706. The van der Waals surface area contributed by atoms with E-state index in [1.807, 2.05) is 24.3 Å². The van der Waals surface area contributed by atoms with Gasteiger partial charge >= 0.3 is 0 Å². The van der Waals surface area contributed by atoms with Gasteiger partial charge in [-0.25, -0.2) is 0 Å². The lowest BCUT2D eigenvalue weighted by molar-refractivity contribution is 0.299. The molecule has 0 unspecified atom stereocenters. The predicted octanol–water partition coefficient (Wildman–Crippen LogP) is 1.02. The molecule has 0 atom stereocenters. The van der Waals surface area contributed by atoms with Crippen LogP contribution in [0.3, 0.4) is 0 Å². The molecule has 0 amide bonds. The Bertz CT molecular complexity index is 157. The third kappa shape index (κ3) is 1.86. The summed E-state index contributed by atoms with van der Waals surface area (Å²) in [6.45, 7) is 0.209. The zero-order chi connectivity index (χ0) is 6.53. The Morgan fingerprint density at radius 1 is 1.44 bits per heavy atom. The van der Waals surface area contributed by atoms with Crippen LogP contribution >= 0.6 is 0 Å². The summed E-state index contributed by atoms with van der Waals surface area (Å²) < 4.78 is 0. The summed E-state index contributed by atoms with van der Waals surface area (Å²) in [5.74, 6) is 0. The topological polar surface area (TPSA) is 20.2 Å². The van der Waals surface area contributed by atoms with Crippen molar-refractivity contribution in [3.8, 4) is 0 Å². The molecule has 0 bridgehead atoms. The van der Waals surface area contributed by atoms with Gasteiger partial charge in [0.05, 0.1) is 0 Å². The second-order valence-corrected chi connectivity index (χ2v) is 1.86. The Morgan fingerprint density at radius 2 is 2.33 bits per heavy atom. The van der Waals surface area contributed by atoms with E-state index in [9.17, 15) is 0 Å². The van der Waals surface area contributed by atoms with Gasteiger partial charge in [0.1, 0.15) is 0 Å². The smallest absolute Gasteiger partial charge is 0.0471 e. The summed E-state index contributed by atoms with van der Waals surface area (Å²) in [6, 6.07) is 10.7. The molecule has 0 aliphatic heterocycles. The summed E-state index contributed by atoms with van der Waals surface area (Å²) in [5, 5.41) is 8.50. The molecule has 0 heterocycles. The van der Waals surface area contributed by atoms with Crippen LogP contribution in [0.4, 0.5) is 0 Å². The van der Waals surface area contributed by atoms with Crippen molar-refractivity contribution in [3.05, 3.63) is 35.9 Å². The molecule has 1 aromatic carbocycles. The molecule has 1 nitrogen and oxygen atoms in total. The minimum absolute atomic E-state index is 0.209. The molecule has 0 saturated carbocycles. The highest BCUT2D eigenvalue weighted by Crippen LogP contribution is 1.96. The van der Waals surface area contributed by atoms with E-state index in [-0.39, 0.29) is 6.61 Å². The van der Waals surface area contributed by atoms with Crippen LogP contribution in [0, 0.1) is 6.07 Å². The largest absolute Gasteiger partial charge is 0.396 e. The second kappa shape index (κ2) is 3.25. The summed E-state index contributed by atoms with van der Waals surface area (Å²) >= 11 is 0. The van der Waals surface area contributed by atoms with Gasteiger partial charge in [-0.2, -0.15) is 0 Å². The van der Waals surface area contributed by atoms with Gasteiger partial charge in [0.25, 0.3) is 0 Å². The third-order valence-electron chi connectivity index (χ3n) is 1.15. The first kappa shape index (κ1) is 6.30. The van der Waals surface area contributed by atoms with E-state index < -0.39 is 0 Å². The van der Waals surface area contributed by atoms with Crippen molar-refractivity contribution in [3.63, 3.8) is 0 Å². The molecule has 0 fully saturated rings. The van der Waals surface area contributed by atoms with E-state index in [1.165, 1.54) is 0 Å². The van der Waals surface area contributed by atoms with E-state index in [1.54, 1.807) is 0 Å². The molecule has 0 aliphatic rings. The Hall–Kier alpha value is -0.820. The Kier molecular flexibility index (Phi) is 2.28. The number of hydrogen-bond acceptors (Lipinski definition) is 1. The van der Waals surface area contributed by atoms with Crippen molar-refractivity contribution in [1.82, 2.24) is 0 Å². The van der Waals surface area contributed by atoms with Gasteiger partial charge in [0.15, 0.2) is 0 Å². The molecule has 0 spiro atoms.